The number of Topliss-reactive ketones (excluding diaryl/α,β-unsaturated/α-hetero) is 1. The molecule has 0 aromatic carbocycles. The maximum absolute atomic E-state index is 12.0. The van der Waals surface area contributed by atoms with Gasteiger partial charge in [-0.3, -0.25) is 4.79 Å². The molecule has 4 rings (SSSR count). The average Bonchev–Trinajstić information content (AvgIpc) is 2.80. The Morgan fingerprint density at radius 1 is 1.00 bits per heavy atom. The lowest BCUT2D eigenvalue weighted by atomic mass is 9.43. The van der Waals surface area contributed by atoms with E-state index in [0.29, 0.717) is 22.5 Å². The van der Waals surface area contributed by atoms with Crippen LogP contribution in [0.1, 0.15) is 78.6 Å². The summed E-state index contributed by atoms with van der Waals surface area (Å²) in [6.07, 6.45) is 16.7. The van der Waals surface area contributed by atoms with Crippen molar-refractivity contribution in [1.82, 2.24) is 0 Å². The zero-order valence-corrected chi connectivity index (χ0v) is 15.2. The fraction of sp³-hybridized carbons (Fsp3) is 0.864. The van der Waals surface area contributed by atoms with E-state index in [9.17, 15) is 4.79 Å². The quantitative estimate of drug-likeness (QED) is 0.559. The lowest BCUT2D eigenvalue weighted by Gasteiger charge is -2.61. The van der Waals surface area contributed by atoms with Crippen molar-refractivity contribution in [3.05, 3.63) is 0 Å². The lowest BCUT2D eigenvalue weighted by Crippen LogP contribution is -2.54. The molecule has 0 aromatic rings. The van der Waals surface area contributed by atoms with Crippen LogP contribution in [0.15, 0.2) is 0 Å². The van der Waals surface area contributed by atoms with Crippen molar-refractivity contribution < 1.29 is 4.79 Å². The van der Waals surface area contributed by atoms with Crippen LogP contribution in [0.3, 0.4) is 0 Å². The van der Waals surface area contributed by atoms with Crippen LogP contribution in [0, 0.1) is 52.3 Å². The Balaban J connectivity index is 1.66. The van der Waals surface area contributed by atoms with Crippen molar-refractivity contribution >= 4 is 5.78 Å². The van der Waals surface area contributed by atoms with Crippen molar-refractivity contribution in [2.75, 3.05) is 0 Å². The number of hydrogen-bond donors (Lipinski definition) is 0. The summed E-state index contributed by atoms with van der Waals surface area (Å²) in [5.41, 5.74) is 0.868. The molecule has 0 bridgehead atoms. The minimum absolute atomic E-state index is 0.100. The van der Waals surface area contributed by atoms with E-state index in [4.69, 9.17) is 6.42 Å². The Morgan fingerprint density at radius 3 is 2.48 bits per heavy atom. The maximum Gasteiger partial charge on any atom is 0.133 e. The fourth-order valence-electron chi connectivity index (χ4n) is 7.55. The van der Waals surface area contributed by atoms with Crippen LogP contribution in [-0.4, -0.2) is 5.78 Å². The summed E-state index contributed by atoms with van der Waals surface area (Å²) in [6.45, 7) is 7.37. The molecule has 0 amide bonds. The van der Waals surface area contributed by atoms with E-state index in [1.165, 1.54) is 38.5 Å². The third kappa shape index (κ3) is 1.90. The van der Waals surface area contributed by atoms with E-state index in [2.05, 4.69) is 26.7 Å². The van der Waals surface area contributed by atoms with E-state index in [1.807, 2.05) is 0 Å². The molecule has 0 heterocycles. The van der Waals surface area contributed by atoms with Crippen LogP contribution in [0.2, 0.25) is 0 Å². The molecule has 4 aliphatic rings. The van der Waals surface area contributed by atoms with E-state index >= 15 is 0 Å². The first-order valence-corrected chi connectivity index (χ1v) is 9.83. The molecular formula is C22H32O. The normalized spacial score (nSPS) is 55.5. The van der Waals surface area contributed by atoms with Gasteiger partial charge in [-0.05, 0) is 86.4 Å². The monoisotopic (exact) mass is 312 g/mol. The SMILES string of the molecule is C#CC1(C)CC[C@H]2C3CCC4CC(=O)CC[C@]4(C)[C@H]3CC[C@@]21C. The summed E-state index contributed by atoms with van der Waals surface area (Å²) in [5.74, 6) is 6.90. The van der Waals surface area contributed by atoms with Crippen molar-refractivity contribution in [2.45, 2.75) is 78.6 Å². The van der Waals surface area contributed by atoms with Crippen molar-refractivity contribution in [1.29, 1.82) is 0 Å². The summed E-state index contributed by atoms with van der Waals surface area (Å²) in [5, 5.41) is 0. The molecule has 0 N–H and O–H groups in total. The molecule has 126 valence electrons. The van der Waals surface area contributed by atoms with Gasteiger partial charge in [-0.25, -0.2) is 0 Å². The van der Waals surface area contributed by atoms with Gasteiger partial charge in [0.15, 0.2) is 0 Å². The standard InChI is InChI=1S/C22H32O/c1-5-20(2)11-9-19-17-7-6-15-14-16(23)8-12-21(15,3)18(17)10-13-22(19,20)4/h1,15,17-19H,6-14H2,2-4H3/t15?,17?,18-,19-,20?,21-,22-/m0/s1. The second kappa shape index (κ2) is 4.87. The molecule has 1 nitrogen and oxygen atoms in total. The minimum atomic E-state index is 0.100. The molecule has 0 spiro atoms. The molecule has 1 heteroatoms. The first-order chi connectivity index (χ1) is 10.8. The largest absolute Gasteiger partial charge is 0.300 e. The Hall–Kier alpha value is -0.770. The zero-order valence-electron chi connectivity index (χ0n) is 15.2. The van der Waals surface area contributed by atoms with Gasteiger partial charge < -0.3 is 0 Å². The maximum atomic E-state index is 12.0. The van der Waals surface area contributed by atoms with Crippen molar-refractivity contribution in [2.24, 2.45) is 39.9 Å². The first-order valence-electron chi connectivity index (χ1n) is 9.83. The molecule has 3 unspecified atom stereocenters. The topological polar surface area (TPSA) is 17.1 Å². The summed E-state index contributed by atoms with van der Waals surface area (Å²) in [4.78, 5) is 12.0. The van der Waals surface area contributed by atoms with Gasteiger partial charge in [0, 0.05) is 18.3 Å². The number of carbonyl (C=O) groups excluding carboxylic acids is 1. The summed E-state index contributed by atoms with van der Waals surface area (Å²) >= 11 is 0. The Morgan fingerprint density at radius 2 is 1.74 bits per heavy atom. The van der Waals surface area contributed by atoms with Gasteiger partial charge in [-0.2, -0.15) is 0 Å². The Bertz CT molecular complexity index is 571. The fourth-order valence-corrected chi connectivity index (χ4v) is 7.55. The first kappa shape index (κ1) is 15.7. The lowest BCUT2D eigenvalue weighted by molar-refractivity contribution is -0.140. The van der Waals surface area contributed by atoms with Gasteiger partial charge in [-0.1, -0.05) is 19.8 Å². The van der Waals surface area contributed by atoms with Crippen LogP contribution in [-0.2, 0) is 4.79 Å². The predicted octanol–water partition coefficient (Wildman–Crippen LogP) is 5.24. The van der Waals surface area contributed by atoms with Gasteiger partial charge in [-0.15, -0.1) is 6.42 Å². The van der Waals surface area contributed by atoms with E-state index < -0.39 is 0 Å². The number of ketones is 1. The third-order valence-electron chi connectivity index (χ3n) is 9.41. The van der Waals surface area contributed by atoms with Crippen LogP contribution in [0.25, 0.3) is 0 Å². The number of rotatable bonds is 0. The number of terminal acetylenes is 1. The highest BCUT2D eigenvalue weighted by atomic mass is 16.1. The summed E-state index contributed by atoms with van der Waals surface area (Å²) in [7, 11) is 0. The Labute approximate surface area is 142 Å². The van der Waals surface area contributed by atoms with Crippen molar-refractivity contribution in [3.8, 4) is 12.3 Å². The second-order valence-electron chi connectivity index (χ2n) is 9.87. The van der Waals surface area contributed by atoms with Crippen LogP contribution in [0.4, 0.5) is 0 Å². The molecule has 0 aliphatic heterocycles. The average molecular weight is 312 g/mol. The van der Waals surface area contributed by atoms with Gasteiger partial charge in [0.2, 0.25) is 0 Å². The number of fused-ring (bicyclic) bond motifs is 5. The van der Waals surface area contributed by atoms with Gasteiger partial charge in [0.1, 0.15) is 5.78 Å². The highest BCUT2D eigenvalue weighted by molar-refractivity contribution is 5.79. The minimum Gasteiger partial charge on any atom is -0.300 e. The van der Waals surface area contributed by atoms with Gasteiger partial charge >= 0.3 is 0 Å². The van der Waals surface area contributed by atoms with Crippen LogP contribution >= 0.6 is 0 Å². The van der Waals surface area contributed by atoms with E-state index in [-0.39, 0.29) is 5.41 Å². The molecular weight excluding hydrogens is 280 g/mol. The summed E-state index contributed by atoms with van der Waals surface area (Å²) < 4.78 is 0. The predicted molar refractivity (Wildman–Crippen MR) is 93.7 cm³/mol. The molecule has 4 aliphatic carbocycles. The smallest absolute Gasteiger partial charge is 0.133 e. The van der Waals surface area contributed by atoms with Crippen molar-refractivity contribution in [3.63, 3.8) is 0 Å². The van der Waals surface area contributed by atoms with Crippen LogP contribution < -0.4 is 0 Å². The molecule has 4 saturated carbocycles. The molecule has 23 heavy (non-hydrogen) atoms. The third-order valence-corrected chi connectivity index (χ3v) is 9.41. The Kier molecular flexibility index (Phi) is 3.33. The molecule has 0 aromatic heterocycles. The molecule has 0 radical (unpaired) electrons. The highest BCUT2D eigenvalue weighted by Crippen LogP contribution is 2.70. The number of hydrogen-bond acceptors (Lipinski definition) is 1. The summed E-state index contributed by atoms with van der Waals surface area (Å²) in [6, 6.07) is 0. The number of carbonyl (C=O) groups is 1. The second-order valence-corrected chi connectivity index (χ2v) is 9.87. The molecule has 0 saturated heterocycles. The van der Waals surface area contributed by atoms with Gasteiger partial charge in [0.25, 0.3) is 0 Å². The molecule has 4 fully saturated rings. The van der Waals surface area contributed by atoms with Gasteiger partial charge in [0.05, 0.1) is 0 Å². The zero-order chi connectivity index (χ0) is 16.5. The molecule has 7 atom stereocenters. The van der Waals surface area contributed by atoms with E-state index in [1.54, 1.807) is 0 Å². The van der Waals surface area contributed by atoms with E-state index in [0.717, 1.165) is 37.0 Å². The van der Waals surface area contributed by atoms with Crippen LogP contribution in [0.5, 0.6) is 0 Å². The highest BCUT2D eigenvalue weighted by Gasteiger charge is 2.63.